The molecule has 0 saturated carbocycles. The van der Waals surface area contributed by atoms with E-state index in [1.165, 1.54) is 56.6 Å². The van der Waals surface area contributed by atoms with E-state index in [0.717, 1.165) is 37.2 Å². The van der Waals surface area contributed by atoms with Crippen molar-refractivity contribution in [1.82, 2.24) is 4.90 Å². The summed E-state index contributed by atoms with van der Waals surface area (Å²) in [5, 5.41) is 0. The van der Waals surface area contributed by atoms with Crippen molar-refractivity contribution in [1.29, 1.82) is 0 Å². The van der Waals surface area contributed by atoms with Crippen molar-refractivity contribution in [2.45, 2.75) is 38.5 Å². The molecule has 2 aromatic carbocycles. The number of unbranched alkanes of at least 4 members (excludes halogenated alkanes) is 1. The van der Waals surface area contributed by atoms with Crippen LogP contribution in [0.25, 0.3) is 0 Å². The van der Waals surface area contributed by atoms with Crippen molar-refractivity contribution in [3.05, 3.63) is 65.5 Å². The van der Waals surface area contributed by atoms with Gasteiger partial charge in [0, 0.05) is 0 Å². The van der Waals surface area contributed by atoms with Gasteiger partial charge in [0.2, 0.25) is 0 Å². The van der Waals surface area contributed by atoms with Crippen LogP contribution in [0.15, 0.2) is 48.5 Å². The lowest BCUT2D eigenvalue weighted by molar-refractivity contribution is 0.278. The van der Waals surface area contributed by atoms with Crippen molar-refractivity contribution in [3.8, 4) is 5.75 Å². The first-order valence-electron chi connectivity index (χ1n) is 9.49. The van der Waals surface area contributed by atoms with Crippen LogP contribution in [0.3, 0.4) is 0 Å². The fourth-order valence-corrected chi connectivity index (χ4v) is 3.41. The van der Waals surface area contributed by atoms with Crippen LogP contribution in [0.2, 0.25) is 0 Å². The first-order chi connectivity index (χ1) is 12.3. The highest BCUT2D eigenvalue weighted by Crippen LogP contribution is 2.20. The van der Waals surface area contributed by atoms with Crippen LogP contribution in [-0.4, -0.2) is 31.1 Å². The van der Waals surface area contributed by atoms with E-state index in [0.29, 0.717) is 0 Å². The average Bonchev–Trinajstić information content (AvgIpc) is 3.15. The number of benzene rings is 2. The van der Waals surface area contributed by atoms with Crippen LogP contribution in [0.4, 0.5) is 4.39 Å². The minimum absolute atomic E-state index is 0.179. The van der Waals surface area contributed by atoms with Gasteiger partial charge in [-0.25, -0.2) is 4.39 Å². The number of para-hydroxylation sites is 1. The van der Waals surface area contributed by atoms with Gasteiger partial charge in [0.05, 0.1) is 6.61 Å². The molecule has 1 saturated heterocycles. The lowest BCUT2D eigenvalue weighted by Gasteiger charge is -2.15. The number of nitrogens with zero attached hydrogens (tertiary/aromatic N) is 1. The number of halogens is 1. The monoisotopic (exact) mass is 341 g/mol. The SMILES string of the molecule is Fc1ccc(CCc2ccccc2OCCCCN2CCCC2)cc1. The van der Waals surface area contributed by atoms with Crippen molar-refractivity contribution in [3.63, 3.8) is 0 Å². The minimum atomic E-state index is -0.179. The van der Waals surface area contributed by atoms with Crippen molar-refractivity contribution in [2.75, 3.05) is 26.2 Å². The summed E-state index contributed by atoms with van der Waals surface area (Å²) in [6, 6.07) is 15.0. The lowest BCUT2D eigenvalue weighted by Crippen LogP contribution is -2.20. The van der Waals surface area contributed by atoms with Gasteiger partial charge in [0.1, 0.15) is 11.6 Å². The molecule has 0 N–H and O–H groups in total. The van der Waals surface area contributed by atoms with E-state index < -0.39 is 0 Å². The van der Waals surface area contributed by atoms with Gasteiger partial charge in [-0.05, 0) is 87.5 Å². The van der Waals surface area contributed by atoms with Crippen molar-refractivity contribution >= 4 is 0 Å². The van der Waals surface area contributed by atoms with E-state index in [1.807, 2.05) is 18.2 Å². The van der Waals surface area contributed by atoms with E-state index in [1.54, 1.807) is 0 Å². The second kappa shape index (κ2) is 9.57. The van der Waals surface area contributed by atoms with Gasteiger partial charge in [-0.15, -0.1) is 0 Å². The smallest absolute Gasteiger partial charge is 0.123 e. The van der Waals surface area contributed by atoms with Crippen LogP contribution in [0.5, 0.6) is 5.75 Å². The fourth-order valence-electron chi connectivity index (χ4n) is 3.41. The predicted molar refractivity (Wildman–Crippen MR) is 101 cm³/mol. The summed E-state index contributed by atoms with van der Waals surface area (Å²) in [5.74, 6) is 0.812. The summed E-state index contributed by atoms with van der Waals surface area (Å²) < 4.78 is 19.0. The third kappa shape index (κ3) is 5.86. The molecule has 0 aromatic heterocycles. The Kier molecular flexibility index (Phi) is 6.87. The van der Waals surface area contributed by atoms with Crippen molar-refractivity contribution in [2.24, 2.45) is 0 Å². The Morgan fingerprint density at radius 3 is 2.44 bits per heavy atom. The molecule has 0 atom stereocenters. The minimum Gasteiger partial charge on any atom is -0.493 e. The van der Waals surface area contributed by atoms with Crippen LogP contribution in [0, 0.1) is 5.82 Å². The standard InChI is InChI=1S/C22H28FNO/c23-21-13-10-19(11-14-21)9-12-20-7-1-2-8-22(20)25-18-6-5-17-24-15-3-4-16-24/h1-2,7-8,10-11,13-14H,3-6,9,12,15-18H2. The third-order valence-electron chi connectivity index (χ3n) is 4.89. The van der Waals surface area contributed by atoms with Crippen LogP contribution >= 0.6 is 0 Å². The fraction of sp³-hybridized carbons (Fsp3) is 0.455. The summed E-state index contributed by atoms with van der Waals surface area (Å²) in [6.07, 6.45) is 6.83. The van der Waals surface area contributed by atoms with Crippen LogP contribution in [0.1, 0.15) is 36.8 Å². The molecular weight excluding hydrogens is 313 g/mol. The first-order valence-corrected chi connectivity index (χ1v) is 9.49. The molecule has 1 heterocycles. The molecule has 1 aliphatic heterocycles. The van der Waals surface area contributed by atoms with Gasteiger partial charge >= 0.3 is 0 Å². The highest BCUT2D eigenvalue weighted by molar-refractivity contribution is 5.34. The molecule has 0 radical (unpaired) electrons. The number of likely N-dealkylation sites (tertiary alicyclic amines) is 1. The average molecular weight is 341 g/mol. The zero-order valence-corrected chi connectivity index (χ0v) is 14.9. The van der Waals surface area contributed by atoms with Gasteiger partial charge in [0.15, 0.2) is 0 Å². The maximum Gasteiger partial charge on any atom is 0.123 e. The maximum atomic E-state index is 13.0. The van der Waals surface area contributed by atoms with E-state index in [4.69, 9.17) is 4.74 Å². The Morgan fingerprint density at radius 1 is 0.880 bits per heavy atom. The Morgan fingerprint density at radius 2 is 1.64 bits per heavy atom. The topological polar surface area (TPSA) is 12.5 Å². The number of hydrogen-bond acceptors (Lipinski definition) is 2. The number of aryl methyl sites for hydroxylation is 2. The predicted octanol–water partition coefficient (Wildman–Crippen LogP) is 4.87. The maximum absolute atomic E-state index is 13.0. The third-order valence-corrected chi connectivity index (χ3v) is 4.89. The van der Waals surface area contributed by atoms with E-state index in [9.17, 15) is 4.39 Å². The normalized spacial score (nSPS) is 14.8. The lowest BCUT2D eigenvalue weighted by atomic mass is 10.0. The summed E-state index contributed by atoms with van der Waals surface area (Å²) >= 11 is 0. The molecule has 0 aliphatic carbocycles. The van der Waals surface area contributed by atoms with Crippen LogP contribution < -0.4 is 4.74 Å². The Balaban J connectivity index is 1.42. The molecule has 3 rings (SSSR count). The summed E-state index contributed by atoms with van der Waals surface area (Å²) in [4.78, 5) is 2.55. The molecule has 0 unspecified atom stereocenters. The Labute approximate surface area is 150 Å². The molecule has 0 spiro atoms. The van der Waals surface area contributed by atoms with E-state index >= 15 is 0 Å². The molecule has 1 aliphatic rings. The van der Waals surface area contributed by atoms with Gasteiger partial charge < -0.3 is 9.64 Å². The first kappa shape index (κ1) is 17.9. The molecule has 1 fully saturated rings. The van der Waals surface area contributed by atoms with Crippen LogP contribution in [-0.2, 0) is 12.8 Å². The summed E-state index contributed by atoms with van der Waals surface area (Å²) in [7, 11) is 0. The second-order valence-electron chi connectivity index (χ2n) is 6.84. The van der Waals surface area contributed by atoms with E-state index in [-0.39, 0.29) is 5.82 Å². The zero-order valence-electron chi connectivity index (χ0n) is 14.9. The molecule has 25 heavy (non-hydrogen) atoms. The Bertz CT molecular complexity index is 635. The molecule has 134 valence electrons. The summed E-state index contributed by atoms with van der Waals surface area (Å²) in [5.41, 5.74) is 2.38. The molecule has 0 bridgehead atoms. The number of hydrogen-bond donors (Lipinski definition) is 0. The highest BCUT2D eigenvalue weighted by atomic mass is 19.1. The second-order valence-corrected chi connectivity index (χ2v) is 6.84. The summed E-state index contributed by atoms with van der Waals surface area (Å²) in [6.45, 7) is 4.52. The highest BCUT2D eigenvalue weighted by Gasteiger charge is 2.10. The van der Waals surface area contributed by atoms with Gasteiger partial charge in [-0.3, -0.25) is 0 Å². The molecule has 2 nitrogen and oxygen atoms in total. The molecule has 3 heteroatoms. The van der Waals surface area contributed by atoms with Gasteiger partial charge in [0.25, 0.3) is 0 Å². The number of rotatable bonds is 9. The Hall–Kier alpha value is -1.87. The van der Waals surface area contributed by atoms with E-state index in [2.05, 4.69) is 23.1 Å². The van der Waals surface area contributed by atoms with Gasteiger partial charge in [-0.1, -0.05) is 30.3 Å². The van der Waals surface area contributed by atoms with Crippen molar-refractivity contribution < 1.29 is 9.13 Å². The van der Waals surface area contributed by atoms with Gasteiger partial charge in [-0.2, -0.15) is 0 Å². The zero-order chi connectivity index (χ0) is 17.3. The largest absolute Gasteiger partial charge is 0.493 e. The quantitative estimate of drug-likeness (QED) is 0.604. The molecule has 2 aromatic rings. The molecular formula is C22H28FNO. The molecule has 0 amide bonds. The number of ether oxygens (including phenoxy) is 1.